The number of nitrogens with zero attached hydrogens (tertiary/aromatic N) is 3. The van der Waals surface area contributed by atoms with Crippen LogP contribution >= 0.6 is 0 Å². The van der Waals surface area contributed by atoms with E-state index in [9.17, 15) is 13.2 Å². The predicted molar refractivity (Wildman–Crippen MR) is 142 cm³/mol. The van der Waals surface area contributed by atoms with E-state index in [1.54, 1.807) is 7.11 Å². The first-order valence-electron chi connectivity index (χ1n) is 13.1. The number of ether oxygens (including phenoxy) is 2. The Hall–Kier alpha value is -2.82. The van der Waals surface area contributed by atoms with Gasteiger partial charge < -0.3 is 14.8 Å². The summed E-state index contributed by atoms with van der Waals surface area (Å²) in [6.45, 7) is 3.11. The van der Waals surface area contributed by atoms with Crippen molar-refractivity contribution in [2.24, 2.45) is 0 Å². The van der Waals surface area contributed by atoms with Crippen LogP contribution < -0.4 is 10.1 Å². The zero-order valence-electron chi connectivity index (χ0n) is 22.1. The van der Waals surface area contributed by atoms with Crippen LogP contribution in [-0.4, -0.2) is 91.7 Å². The summed E-state index contributed by atoms with van der Waals surface area (Å²) in [6, 6.07) is 9.59. The second-order valence-corrected chi connectivity index (χ2v) is 10.5. The van der Waals surface area contributed by atoms with Gasteiger partial charge in [-0.3, -0.25) is 19.3 Å². The lowest BCUT2D eigenvalue weighted by Crippen LogP contribution is -2.54. The standard InChI is InChI=1S/C28H36F3N5O2/c1-18-11-23-21(7-8-25-24(23)13-32-34-25)27(36(18)16-28(30,31)17-37-2)22-6-5-19(12-26(22)38-3)33-20-14-35(15-20)10-4-9-29/h5-8,12-13,18,20,27,33H,4,9-11,14-17H2,1-3H3,(H,32,34)/t18-,27?/m1/s1. The van der Waals surface area contributed by atoms with Gasteiger partial charge in [0.1, 0.15) is 12.4 Å². The van der Waals surface area contributed by atoms with E-state index in [-0.39, 0.29) is 18.8 Å². The molecule has 2 aromatic carbocycles. The molecule has 3 heterocycles. The molecule has 0 spiro atoms. The van der Waals surface area contributed by atoms with Crippen LogP contribution in [0.1, 0.15) is 36.1 Å². The number of aromatic amines is 1. The van der Waals surface area contributed by atoms with Crippen molar-refractivity contribution in [2.45, 2.75) is 43.8 Å². The SMILES string of the molecule is COCC(F)(F)CN1C(c2ccc(NC3CN(CCCF)C3)cc2OC)c2ccc3[nH]ncc3c2C[C@H]1C. The maximum absolute atomic E-state index is 14.9. The van der Waals surface area contributed by atoms with Crippen LogP contribution in [0.15, 0.2) is 36.5 Å². The number of alkyl halides is 3. The Labute approximate surface area is 221 Å². The molecule has 1 fully saturated rings. The summed E-state index contributed by atoms with van der Waals surface area (Å²) < 4.78 is 53.0. The molecule has 0 bridgehead atoms. The average Bonchev–Trinajstić information content (AvgIpc) is 3.35. The van der Waals surface area contributed by atoms with Gasteiger partial charge in [-0.2, -0.15) is 5.10 Å². The first-order chi connectivity index (χ1) is 18.3. The molecule has 0 amide bonds. The summed E-state index contributed by atoms with van der Waals surface area (Å²) in [5.74, 6) is -2.37. The smallest absolute Gasteiger partial charge is 0.283 e. The largest absolute Gasteiger partial charge is 0.496 e. The van der Waals surface area contributed by atoms with E-state index < -0.39 is 25.1 Å². The third kappa shape index (κ3) is 5.34. The third-order valence-corrected chi connectivity index (χ3v) is 7.70. The molecular weight excluding hydrogens is 495 g/mol. The van der Waals surface area contributed by atoms with Crippen LogP contribution in [0.25, 0.3) is 10.9 Å². The molecule has 1 aromatic heterocycles. The van der Waals surface area contributed by atoms with Gasteiger partial charge in [0.05, 0.1) is 44.1 Å². The van der Waals surface area contributed by atoms with E-state index in [1.807, 2.05) is 48.4 Å². The van der Waals surface area contributed by atoms with Crippen LogP contribution in [0.5, 0.6) is 5.75 Å². The Balaban J connectivity index is 1.48. The number of hydrogen-bond acceptors (Lipinski definition) is 6. The molecule has 5 rings (SSSR count). The Morgan fingerprint density at radius 1 is 1.16 bits per heavy atom. The highest BCUT2D eigenvalue weighted by Gasteiger charge is 2.42. The van der Waals surface area contributed by atoms with Gasteiger partial charge in [-0.25, -0.2) is 8.78 Å². The highest BCUT2D eigenvalue weighted by molar-refractivity contribution is 5.83. The lowest BCUT2D eigenvalue weighted by Gasteiger charge is -2.44. The van der Waals surface area contributed by atoms with Gasteiger partial charge in [-0.1, -0.05) is 12.1 Å². The van der Waals surface area contributed by atoms with Crippen LogP contribution in [0.4, 0.5) is 18.9 Å². The molecule has 38 heavy (non-hydrogen) atoms. The molecule has 2 aliphatic heterocycles. The number of methoxy groups -OCH3 is 2. The van der Waals surface area contributed by atoms with E-state index >= 15 is 0 Å². The molecule has 1 unspecified atom stereocenters. The van der Waals surface area contributed by atoms with Gasteiger partial charge in [0.15, 0.2) is 0 Å². The van der Waals surface area contributed by atoms with Crippen molar-refractivity contribution in [1.82, 2.24) is 20.0 Å². The van der Waals surface area contributed by atoms with E-state index in [2.05, 4.69) is 20.4 Å². The topological polar surface area (TPSA) is 65.7 Å². The molecule has 3 aromatic rings. The molecule has 206 valence electrons. The van der Waals surface area contributed by atoms with E-state index in [0.29, 0.717) is 18.6 Å². The number of likely N-dealkylation sites (tertiary alicyclic amines) is 1. The number of rotatable bonds is 11. The van der Waals surface area contributed by atoms with Crippen molar-refractivity contribution in [3.8, 4) is 5.75 Å². The third-order valence-electron chi connectivity index (χ3n) is 7.70. The number of fused-ring (bicyclic) bond motifs is 3. The van der Waals surface area contributed by atoms with E-state index in [4.69, 9.17) is 9.47 Å². The average molecular weight is 532 g/mol. The minimum absolute atomic E-state index is 0.150. The monoisotopic (exact) mass is 531 g/mol. The number of halogens is 3. The number of anilines is 1. The van der Waals surface area contributed by atoms with Gasteiger partial charge in [0.2, 0.25) is 0 Å². The Morgan fingerprint density at radius 2 is 1.95 bits per heavy atom. The number of H-pyrrole nitrogens is 1. The van der Waals surface area contributed by atoms with Crippen molar-refractivity contribution in [2.75, 3.05) is 59.0 Å². The van der Waals surface area contributed by atoms with E-state index in [0.717, 1.165) is 52.9 Å². The fourth-order valence-corrected chi connectivity index (χ4v) is 5.93. The molecule has 7 nitrogen and oxygen atoms in total. The van der Waals surface area contributed by atoms with Crippen molar-refractivity contribution in [1.29, 1.82) is 0 Å². The molecule has 1 saturated heterocycles. The number of nitrogens with one attached hydrogen (secondary N) is 2. The fraction of sp³-hybridized carbons (Fsp3) is 0.536. The lowest BCUT2D eigenvalue weighted by atomic mass is 9.83. The quantitative estimate of drug-likeness (QED) is 0.376. The Bertz CT molecular complexity index is 1250. The minimum Gasteiger partial charge on any atom is -0.496 e. The zero-order valence-corrected chi connectivity index (χ0v) is 22.1. The maximum Gasteiger partial charge on any atom is 0.283 e. The summed E-state index contributed by atoms with van der Waals surface area (Å²) in [4.78, 5) is 4.09. The van der Waals surface area contributed by atoms with Gasteiger partial charge in [0.25, 0.3) is 5.92 Å². The molecule has 0 saturated carbocycles. The maximum atomic E-state index is 14.9. The van der Waals surface area contributed by atoms with Gasteiger partial charge in [-0.15, -0.1) is 0 Å². The van der Waals surface area contributed by atoms with E-state index in [1.165, 1.54) is 7.11 Å². The number of aromatic nitrogens is 2. The Morgan fingerprint density at radius 3 is 2.68 bits per heavy atom. The second-order valence-electron chi connectivity index (χ2n) is 10.5. The lowest BCUT2D eigenvalue weighted by molar-refractivity contribution is -0.0961. The molecule has 2 N–H and O–H groups in total. The first-order valence-corrected chi connectivity index (χ1v) is 13.1. The van der Waals surface area contributed by atoms with Crippen molar-refractivity contribution in [3.05, 3.63) is 53.2 Å². The molecule has 10 heteroatoms. The number of benzene rings is 2. The highest BCUT2D eigenvalue weighted by Crippen LogP contribution is 2.45. The van der Waals surface area contributed by atoms with Crippen LogP contribution in [0.2, 0.25) is 0 Å². The Kier molecular flexibility index (Phi) is 7.83. The zero-order chi connectivity index (χ0) is 26.9. The van der Waals surface area contributed by atoms with Gasteiger partial charge in [-0.05, 0) is 43.0 Å². The summed E-state index contributed by atoms with van der Waals surface area (Å²) >= 11 is 0. The first kappa shape index (κ1) is 26.8. The molecular formula is C28H36F3N5O2. The summed E-state index contributed by atoms with van der Waals surface area (Å²) in [5, 5.41) is 11.8. The van der Waals surface area contributed by atoms with Gasteiger partial charge >= 0.3 is 0 Å². The highest BCUT2D eigenvalue weighted by atomic mass is 19.3. The molecule has 2 atom stereocenters. The second kappa shape index (κ2) is 11.1. The summed E-state index contributed by atoms with van der Waals surface area (Å²) in [7, 11) is 2.91. The summed E-state index contributed by atoms with van der Waals surface area (Å²) in [5.41, 5.74) is 4.77. The van der Waals surface area contributed by atoms with Crippen LogP contribution in [0.3, 0.4) is 0 Å². The molecule has 0 aliphatic carbocycles. The number of hydrogen-bond donors (Lipinski definition) is 2. The normalized spacial score (nSPS) is 20.9. The predicted octanol–water partition coefficient (Wildman–Crippen LogP) is 4.64. The van der Waals surface area contributed by atoms with Crippen molar-refractivity contribution < 1.29 is 22.6 Å². The van der Waals surface area contributed by atoms with Crippen molar-refractivity contribution in [3.63, 3.8) is 0 Å². The van der Waals surface area contributed by atoms with Crippen LogP contribution in [-0.2, 0) is 11.2 Å². The molecule has 0 radical (unpaired) electrons. The van der Waals surface area contributed by atoms with Crippen molar-refractivity contribution >= 4 is 16.6 Å². The minimum atomic E-state index is -3.01. The fourth-order valence-electron chi connectivity index (χ4n) is 5.93. The van der Waals surface area contributed by atoms with Gasteiger partial charge in [0, 0.05) is 55.5 Å². The summed E-state index contributed by atoms with van der Waals surface area (Å²) in [6.07, 6.45) is 3.00. The van der Waals surface area contributed by atoms with Crippen LogP contribution in [0, 0.1) is 0 Å². The molecule has 2 aliphatic rings.